The largest absolute Gasteiger partial charge is 0.186 e. The maximum atomic E-state index is 3.54. The summed E-state index contributed by atoms with van der Waals surface area (Å²) < 4.78 is 0. The van der Waals surface area contributed by atoms with Crippen molar-refractivity contribution in [3.05, 3.63) is 0 Å². The quantitative estimate of drug-likeness (QED) is 0.322. The van der Waals surface area contributed by atoms with Crippen LogP contribution in [0.1, 0.15) is 12.8 Å². The molecule has 0 bridgehead atoms. The predicted octanol–water partition coefficient (Wildman–Crippen LogP) is 3.17. The van der Waals surface area contributed by atoms with Crippen molar-refractivity contribution in [2.45, 2.75) is 18.9 Å². The molecule has 0 aromatic heterocycles. The second kappa shape index (κ2) is 6.77. The van der Waals surface area contributed by atoms with E-state index in [0.29, 0.717) is 0 Å². The molecular weight excluding hydrogens is 316 g/mol. The molecule has 0 atom stereocenters. The highest BCUT2D eigenvalue weighted by Crippen LogP contribution is 2.12. The lowest BCUT2D eigenvalue weighted by molar-refractivity contribution is 0.898. The Kier molecular flexibility index (Phi) is 8.18. The Morgan fingerprint density at radius 2 is 1.75 bits per heavy atom. The van der Waals surface area contributed by atoms with Crippen molar-refractivity contribution in [2.75, 3.05) is 5.33 Å². The summed E-state index contributed by atoms with van der Waals surface area (Å²) in [6.45, 7) is 0. The van der Waals surface area contributed by atoms with Crippen LogP contribution in [0.3, 0.4) is 0 Å². The fourth-order valence-corrected chi connectivity index (χ4v) is 3.33. The van der Waals surface area contributed by atoms with Crippen LogP contribution in [-0.2, 0) is 0 Å². The van der Waals surface area contributed by atoms with E-state index in [1.54, 1.807) is 0 Å². The fraction of sp³-hybridized carbons (Fsp3) is 1.00. The minimum Gasteiger partial charge on any atom is -0.116 e. The van der Waals surface area contributed by atoms with Crippen LogP contribution < -0.4 is 0 Å². The molecule has 0 aromatic rings. The third-order valence-electron chi connectivity index (χ3n) is 0.806. The zero-order valence-electron chi connectivity index (χ0n) is 4.54. The SMILES string of the molecule is BrCCCC[SiH](Br)Br. The van der Waals surface area contributed by atoms with E-state index in [4.69, 9.17) is 0 Å². The maximum Gasteiger partial charge on any atom is 0.186 e. The first-order chi connectivity index (χ1) is 3.77. The van der Waals surface area contributed by atoms with Gasteiger partial charge in [0.05, 0.1) is 0 Å². The van der Waals surface area contributed by atoms with Crippen LogP contribution in [-0.4, -0.2) is 11.4 Å². The molecule has 0 heterocycles. The number of unbranched alkanes of at least 4 members (excludes halogenated alkanes) is 1. The molecule has 0 rings (SSSR count). The third kappa shape index (κ3) is 7.66. The molecule has 4 heteroatoms. The van der Waals surface area contributed by atoms with Crippen molar-refractivity contribution in [1.82, 2.24) is 0 Å². The third-order valence-corrected chi connectivity index (χ3v) is 4.96. The van der Waals surface area contributed by atoms with Gasteiger partial charge in [0.1, 0.15) is 0 Å². The lowest BCUT2D eigenvalue weighted by atomic mass is 10.4. The first-order valence-electron chi connectivity index (χ1n) is 2.61. The molecule has 0 amide bonds. The Morgan fingerprint density at radius 1 is 1.12 bits per heavy atom. The van der Waals surface area contributed by atoms with Crippen molar-refractivity contribution in [3.8, 4) is 0 Å². The average molecular weight is 325 g/mol. The normalized spacial score (nSPS) is 10.5. The van der Waals surface area contributed by atoms with E-state index in [1.165, 1.54) is 18.9 Å². The van der Waals surface area contributed by atoms with Gasteiger partial charge < -0.3 is 0 Å². The summed E-state index contributed by atoms with van der Waals surface area (Å²) in [5, 5.41) is 1.15. The minimum absolute atomic E-state index is 0.598. The Bertz CT molecular complexity index is 48.5. The molecule has 0 N–H and O–H groups in total. The smallest absolute Gasteiger partial charge is 0.116 e. The van der Waals surface area contributed by atoms with E-state index in [2.05, 4.69) is 46.5 Å². The van der Waals surface area contributed by atoms with Gasteiger partial charge in [0, 0.05) is 5.33 Å². The van der Waals surface area contributed by atoms with Crippen molar-refractivity contribution >= 4 is 52.6 Å². The summed E-state index contributed by atoms with van der Waals surface area (Å²) in [5.41, 5.74) is 0. The molecule has 0 aliphatic rings. The highest BCUT2D eigenvalue weighted by molar-refractivity contribution is 9.49. The van der Waals surface area contributed by atoms with Gasteiger partial charge in [0.15, 0.2) is 6.04 Å². The molecule has 0 aromatic carbocycles. The molecule has 8 heavy (non-hydrogen) atoms. The predicted molar refractivity (Wildman–Crippen MR) is 52.8 cm³/mol. The number of hydrogen-bond donors (Lipinski definition) is 0. The van der Waals surface area contributed by atoms with Gasteiger partial charge in [-0.05, 0) is 12.5 Å². The zero-order valence-corrected chi connectivity index (χ0v) is 10.5. The van der Waals surface area contributed by atoms with Crippen LogP contribution in [0, 0.1) is 0 Å². The Balaban J connectivity index is 2.72. The topological polar surface area (TPSA) is 0 Å². The van der Waals surface area contributed by atoms with Crippen LogP contribution >= 0.6 is 46.5 Å². The van der Waals surface area contributed by atoms with Gasteiger partial charge in [-0.1, -0.05) is 22.4 Å². The van der Waals surface area contributed by atoms with E-state index < -0.39 is 6.04 Å². The highest BCUT2D eigenvalue weighted by Gasteiger charge is 1.97. The molecule has 0 saturated heterocycles. The molecule has 0 unspecified atom stereocenters. The van der Waals surface area contributed by atoms with Gasteiger partial charge in [0.25, 0.3) is 0 Å². The number of halogens is 3. The molecule has 0 spiro atoms. The molecule has 0 radical (unpaired) electrons. The summed E-state index contributed by atoms with van der Waals surface area (Å²) >= 11 is 10.5. The summed E-state index contributed by atoms with van der Waals surface area (Å²) in [5.74, 6) is 0. The van der Waals surface area contributed by atoms with E-state index in [0.717, 1.165) is 5.33 Å². The molecule has 0 aliphatic carbocycles. The number of alkyl halides is 1. The second-order valence-electron chi connectivity index (χ2n) is 1.58. The van der Waals surface area contributed by atoms with Crippen molar-refractivity contribution < 1.29 is 0 Å². The van der Waals surface area contributed by atoms with Gasteiger partial charge in [-0.15, -0.1) is 30.6 Å². The fourth-order valence-electron chi connectivity index (χ4n) is 0.393. The lowest BCUT2D eigenvalue weighted by Gasteiger charge is -1.95. The Morgan fingerprint density at radius 3 is 2.12 bits per heavy atom. The molecule has 0 nitrogen and oxygen atoms in total. The summed E-state index contributed by atoms with van der Waals surface area (Å²) in [6.07, 6.45) is 2.65. The summed E-state index contributed by atoms with van der Waals surface area (Å²) in [4.78, 5) is 0. The summed E-state index contributed by atoms with van der Waals surface area (Å²) in [7, 11) is 0. The van der Waals surface area contributed by atoms with Crippen LogP contribution in [0.4, 0.5) is 0 Å². The number of hydrogen-bond acceptors (Lipinski definition) is 0. The second-order valence-corrected chi connectivity index (χ2v) is 14.0. The minimum atomic E-state index is -0.598. The first kappa shape index (κ1) is 9.66. The molecular formula is C4H9Br3Si. The van der Waals surface area contributed by atoms with Crippen LogP contribution in [0.25, 0.3) is 0 Å². The zero-order chi connectivity index (χ0) is 6.41. The van der Waals surface area contributed by atoms with E-state index in [1.807, 2.05) is 0 Å². The Labute approximate surface area is 76.3 Å². The van der Waals surface area contributed by atoms with Gasteiger partial charge >= 0.3 is 0 Å². The average Bonchev–Trinajstić information content (AvgIpc) is 1.66. The van der Waals surface area contributed by atoms with Crippen LogP contribution in [0.15, 0.2) is 0 Å². The first-order valence-corrected chi connectivity index (χ1v) is 10.9. The molecule has 0 fully saturated rings. The van der Waals surface area contributed by atoms with E-state index in [-0.39, 0.29) is 0 Å². The highest BCUT2D eigenvalue weighted by atomic mass is 79.9. The molecule has 0 saturated carbocycles. The Hall–Kier alpha value is 1.66. The van der Waals surface area contributed by atoms with Gasteiger partial charge in [-0.2, -0.15) is 0 Å². The monoisotopic (exact) mass is 322 g/mol. The maximum absolute atomic E-state index is 3.54. The summed E-state index contributed by atoms with van der Waals surface area (Å²) in [6, 6.07) is 0.755. The number of rotatable bonds is 4. The van der Waals surface area contributed by atoms with Crippen LogP contribution in [0.5, 0.6) is 0 Å². The van der Waals surface area contributed by atoms with E-state index >= 15 is 0 Å². The lowest BCUT2D eigenvalue weighted by Crippen LogP contribution is -1.88. The van der Waals surface area contributed by atoms with Gasteiger partial charge in [-0.3, -0.25) is 0 Å². The molecule has 0 aliphatic heterocycles. The van der Waals surface area contributed by atoms with Crippen molar-refractivity contribution in [3.63, 3.8) is 0 Å². The molecule has 50 valence electrons. The van der Waals surface area contributed by atoms with Gasteiger partial charge in [-0.25, -0.2) is 0 Å². The van der Waals surface area contributed by atoms with Crippen molar-refractivity contribution in [1.29, 1.82) is 0 Å². The van der Waals surface area contributed by atoms with E-state index in [9.17, 15) is 0 Å². The standard InChI is InChI=1S/C4H9Br3Si/c5-3-1-2-4-8(6)7/h8H,1-4H2. The van der Waals surface area contributed by atoms with Crippen LogP contribution in [0.2, 0.25) is 6.04 Å². The van der Waals surface area contributed by atoms with Crippen molar-refractivity contribution in [2.24, 2.45) is 0 Å². The van der Waals surface area contributed by atoms with Gasteiger partial charge in [0.2, 0.25) is 0 Å².